The van der Waals surface area contributed by atoms with Crippen LogP contribution in [0.4, 0.5) is 0 Å². The van der Waals surface area contributed by atoms with E-state index in [4.69, 9.17) is 9.47 Å². The Morgan fingerprint density at radius 1 is 1.13 bits per heavy atom. The zero-order valence-electron chi connectivity index (χ0n) is 18.3. The van der Waals surface area contributed by atoms with Crippen LogP contribution in [0.25, 0.3) is 0 Å². The molecule has 0 aliphatic carbocycles. The second-order valence-corrected chi connectivity index (χ2v) is 9.08. The molecule has 0 bridgehead atoms. The van der Waals surface area contributed by atoms with E-state index in [-0.39, 0.29) is 52.0 Å². The van der Waals surface area contributed by atoms with E-state index in [1.807, 2.05) is 13.8 Å². The average molecular weight is 452 g/mol. The van der Waals surface area contributed by atoms with Crippen LogP contribution < -0.4 is 34.3 Å². The summed E-state index contributed by atoms with van der Waals surface area (Å²) >= 11 is -2.41. The van der Waals surface area contributed by atoms with Crippen LogP contribution in [0.5, 0.6) is 5.75 Å². The second kappa shape index (κ2) is 10.6. The molecule has 0 radical (unpaired) electrons. The Labute approximate surface area is 207 Å². The largest absolute Gasteiger partial charge is 1.00 e. The first-order valence-corrected chi connectivity index (χ1v) is 11.4. The van der Waals surface area contributed by atoms with Crippen molar-refractivity contribution in [3.05, 3.63) is 58.7 Å². The van der Waals surface area contributed by atoms with Crippen LogP contribution in [0.2, 0.25) is 0 Å². The summed E-state index contributed by atoms with van der Waals surface area (Å²) in [7, 11) is 0. The number of carbonyl (C=O) groups excluding carboxylic acids is 1. The normalized spacial score (nSPS) is 17.2. The SMILES string of the molecule is CC(C)Oc1ccc(S(=O)[O-])cc1C(=O)N1Cc2ccc(C3CCOCC3)cc2C1.[Na+]. The van der Waals surface area contributed by atoms with Crippen molar-refractivity contribution < 1.29 is 52.6 Å². The van der Waals surface area contributed by atoms with E-state index in [9.17, 15) is 13.6 Å². The molecule has 2 heterocycles. The first-order valence-electron chi connectivity index (χ1n) is 10.3. The van der Waals surface area contributed by atoms with E-state index in [2.05, 4.69) is 18.2 Å². The zero-order chi connectivity index (χ0) is 21.3. The molecule has 1 saturated heterocycles. The summed E-state index contributed by atoms with van der Waals surface area (Å²) in [6.07, 6.45) is 1.92. The Balaban J connectivity index is 0.00000272. The molecular formula is C23H26NNaO5S. The third kappa shape index (κ3) is 5.59. The summed E-state index contributed by atoms with van der Waals surface area (Å²) in [5.74, 6) is 0.688. The van der Waals surface area contributed by atoms with E-state index < -0.39 is 11.1 Å². The molecule has 1 amide bonds. The molecule has 2 aromatic carbocycles. The standard InChI is InChI=1S/C23H27NO5S.Na/c1-15(2)29-22-6-5-20(30(26)27)12-21(22)23(25)24-13-18-4-3-17(11-19(18)14-24)16-7-9-28-10-8-16;/h3-6,11-12,15-16H,7-10,13-14H2,1-2H3,(H,26,27);/q;+1/p-1. The summed E-state index contributed by atoms with van der Waals surface area (Å²) in [5, 5.41) is 0. The predicted molar refractivity (Wildman–Crippen MR) is 112 cm³/mol. The molecule has 1 atom stereocenters. The van der Waals surface area contributed by atoms with Gasteiger partial charge < -0.3 is 18.9 Å². The van der Waals surface area contributed by atoms with E-state index in [1.165, 1.54) is 17.7 Å². The van der Waals surface area contributed by atoms with Crippen molar-refractivity contribution in [3.8, 4) is 5.75 Å². The number of amides is 1. The Morgan fingerprint density at radius 2 is 1.84 bits per heavy atom. The van der Waals surface area contributed by atoms with Crippen molar-refractivity contribution >= 4 is 17.0 Å². The Kier molecular flexibility index (Phi) is 8.35. The molecule has 2 aliphatic rings. The predicted octanol–water partition coefficient (Wildman–Crippen LogP) is 0.766. The summed E-state index contributed by atoms with van der Waals surface area (Å²) in [5.41, 5.74) is 3.87. The number of carbonyl (C=O) groups is 1. The Morgan fingerprint density at radius 3 is 2.52 bits per heavy atom. The molecular weight excluding hydrogens is 425 g/mol. The van der Waals surface area contributed by atoms with Gasteiger partial charge in [-0.25, -0.2) is 0 Å². The minimum Gasteiger partial charge on any atom is -0.768 e. The number of nitrogens with zero attached hydrogens (tertiary/aromatic N) is 1. The number of ether oxygens (including phenoxy) is 2. The molecule has 31 heavy (non-hydrogen) atoms. The Bertz CT molecular complexity index is 974. The van der Waals surface area contributed by atoms with Gasteiger partial charge in [0.1, 0.15) is 5.75 Å². The van der Waals surface area contributed by atoms with Crippen molar-refractivity contribution in [2.75, 3.05) is 13.2 Å². The molecule has 160 valence electrons. The number of hydrogen-bond acceptors (Lipinski definition) is 5. The minimum absolute atomic E-state index is 0. The van der Waals surface area contributed by atoms with Crippen molar-refractivity contribution in [3.63, 3.8) is 0 Å². The van der Waals surface area contributed by atoms with Gasteiger partial charge in [0.2, 0.25) is 0 Å². The van der Waals surface area contributed by atoms with Gasteiger partial charge in [0, 0.05) is 31.2 Å². The molecule has 6 nitrogen and oxygen atoms in total. The molecule has 1 fully saturated rings. The summed E-state index contributed by atoms with van der Waals surface area (Å²) in [4.78, 5) is 15.1. The van der Waals surface area contributed by atoms with Crippen molar-refractivity contribution in [2.45, 2.75) is 56.7 Å². The summed E-state index contributed by atoms with van der Waals surface area (Å²) in [6, 6.07) is 10.9. The maximum absolute atomic E-state index is 13.3. The number of rotatable bonds is 5. The van der Waals surface area contributed by atoms with Crippen LogP contribution in [0.15, 0.2) is 41.3 Å². The molecule has 0 spiro atoms. The zero-order valence-corrected chi connectivity index (χ0v) is 21.1. The fourth-order valence-electron chi connectivity index (χ4n) is 4.15. The van der Waals surface area contributed by atoms with Crippen LogP contribution in [0.3, 0.4) is 0 Å². The molecule has 1 unspecified atom stereocenters. The third-order valence-corrected chi connectivity index (χ3v) is 6.31. The van der Waals surface area contributed by atoms with Gasteiger partial charge in [0.25, 0.3) is 5.91 Å². The van der Waals surface area contributed by atoms with Crippen LogP contribution in [0.1, 0.15) is 59.7 Å². The summed E-state index contributed by atoms with van der Waals surface area (Å²) in [6.45, 7) is 6.35. The number of benzene rings is 2. The van der Waals surface area contributed by atoms with Crippen molar-refractivity contribution in [2.24, 2.45) is 0 Å². The van der Waals surface area contributed by atoms with Gasteiger partial charge >= 0.3 is 29.6 Å². The van der Waals surface area contributed by atoms with Gasteiger partial charge in [0.15, 0.2) is 0 Å². The van der Waals surface area contributed by atoms with Gasteiger partial charge in [-0.1, -0.05) is 18.2 Å². The van der Waals surface area contributed by atoms with Gasteiger partial charge in [-0.3, -0.25) is 9.00 Å². The molecule has 0 saturated carbocycles. The number of fused-ring (bicyclic) bond motifs is 1. The van der Waals surface area contributed by atoms with Crippen LogP contribution >= 0.6 is 0 Å². The quantitative estimate of drug-likeness (QED) is 0.496. The maximum Gasteiger partial charge on any atom is 1.00 e. The van der Waals surface area contributed by atoms with Crippen LogP contribution in [0, 0.1) is 0 Å². The molecule has 2 aromatic rings. The smallest absolute Gasteiger partial charge is 0.768 e. The molecule has 4 rings (SSSR count). The molecule has 0 N–H and O–H groups in total. The van der Waals surface area contributed by atoms with Gasteiger partial charge in [-0.15, -0.1) is 0 Å². The first kappa shape index (κ1) is 24.4. The maximum atomic E-state index is 13.3. The van der Waals surface area contributed by atoms with Crippen molar-refractivity contribution in [1.82, 2.24) is 4.90 Å². The Hall–Kier alpha value is -1.22. The molecule has 8 heteroatoms. The van der Waals surface area contributed by atoms with E-state index >= 15 is 0 Å². The fraction of sp³-hybridized carbons (Fsp3) is 0.435. The monoisotopic (exact) mass is 451 g/mol. The van der Waals surface area contributed by atoms with Crippen molar-refractivity contribution in [1.29, 1.82) is 0 Å². The van der Waals surface area contributed by atoms with E-state index in [0.29, 0.717) is 24.8 Å². The third-order valence-electron chi connectivity index (χ3n) is 5.67. The fourth-order valence-corrected chi connectivity index (χ4v) is 4.54. The first-order chi connectivity index (χ1) is 14.4. The van der Waals surface area contributed by atoms with Gasteiger partial charge in [-0.05, 0) is 78.6 Å². The van der Waals surface area contributed by atoms with Gasteiger partial charge in [0.05, 0.1) is 11.7 Å². The molecule has 0 aromatic heterocycles. The van der Waals surface area contributed by atoms with E-state index in [1.54, 1.807) is 11.0 Å². The topological polar surface area (TPSA) is 78.9 Å². The average Bonchev–Trinajstić information content (AvgIpc) is 3.17. The van der Waals surface area contributed by atoms with Gasteiger partial charge in [-0.2, -0.15) is 0 Å². The minimum atomic E-state index is -2.41. The second-order valence-electron chi connectivity index (χ2n) is 8.14. The molecule has 2 aliphatic heterocycles. The van der Waals surface area contributed by atoms with Crippen LogP contribution in [-0.4, -0.2) is 38.9 Å². The van der Waals surface area contributed by atoms with E-state index in [0.717, 1.165) is 37.2 Å². The number of hydrogen-bond donors (Lipinski definition) is 0. The van der Waals surface area contributed by atoms with Crippen LogP contribution in [-0.2, 0) is 28.9 Å². The summed E-state index contributed by atoms with van der Waals surface area (Å²) < 4.78 is 34.1.